The van der Waals surface area contributed by atoms with Crippen LogP contribution in [0.25, 0.3) is 0 Å². The number of ether oxygens (including phenoxy) is 3. The fourth-order valence-electron chi connectivity index (χ4n) is 2.09. The lowest BCUT2D eigenvalue weighted by Gasteiger charge is -2.16. The summed E-state index contributed by atoms with van der Waals surface area (Å²) in [7, 11) is -2.89. The number of urea groups is 1. The molecule has 0 fully saturated rings. The molecule has 29 heavy (non-hydrogen) atoms. The quantitative estimate of drug-likeness (QED) is 0.554. The number of carbonyl (C=O) groups excluding carboxylic acids is 1. The van der Waals surface area contributed by atoms with Crippen LogP contribution in [-0.2, 0) is 19.5 Å². The third-order valence-corrected chi connectivity index (χ3v) is 5.07. The van der Waals surface area contributed by atoms with Crippen LogP contribution in [0.5, 0.6) is 6.01 Å². The second kappa shape index (κ2) is 10.3. The van der Waals surface area contributed by atoms with Crippen molar-refractivity contribution in [2.24, 2.45) is 0 Å². The molecule has 11 nitrogen and oxygen atoms in total. The lowest BCUT2D eigenvalue weighted by molar-refractivity contribution is -0.145. The van der Waals surface area contributed by atoms with Crippen LogP contribution in [0.2, 0.25) is 5.02 Å². The van der Waals surface area contributed by atoms with Gasteiger partial charge in [-0.2, -0.15) is 15.0 Å². The molecule has 0 spiro atoms. The largest absolute Gasteiger partial charge is 0.467 e. The molecule has 0 atom stereocenters. The number of aromatic nitrogens is 3. The van der Waals surface area contributed by atoms with Crippen LogP contribution in [0.3, 0.4) is 0 Å². The van der Waals surface area contributed by atoms with Crippen LogP contribution >= 0.6 is 11.6 Å². The zero-order valence-corrected chi connectivity index (χ0v) is 17.5. The number of benzene rings is 1. The maximum absolute atomic E-state index is 12.3. The van der Waals surface area contributed by atoms with E-state index in [2.05, 4.69) is 20.3 Å². The molecule has 1 aromatic heterocycles. The van der Waals surface area contributed by atoms with Gasteiger partial charge in [0.15, 0.2) is 5.82 Å². The highest BCUT2D eigenvalue weighted by molar-refractivity contribution is 7.90. The summed E-state index contributed by atoms with van der Waals surface area (Å²) < 4.78 is 42.3. The molecular formula is C16H20ClN5O6S. The molecule has 0 aliphatic rings. The normalized spacial score (nSPS) is 11.3. The van der Waals surface area contributed by atoms with E-state index >= 15 is 0 Å². The molecule has 0 bridgehead atoms. The van der Waals surface area contributed by atoms with Crippen LogP contribution in [-0.4, -0.2) is 49.7 Å². The van der Waals surface area contributed by atoms with Gasteiger partial charge in [-0.05, 0) is 26.0 Å². The first-order valence-corrected chi connectivity index (χ1v) is 10.3. The molecule has 2 N–H and O–H groups in total. The number of carbonyl (C=O) groups is 1. The Bertz CT molecular complexity index is 953. The van der Waals surface area contributed by atoms with Crippen molar-refractivity contribution in [3.05, 3.63) is 35.1 Å². The third-order valence-electron chi connectivity index (χ3n) is 3.24. The summed E-state index contributed by atoms with van der Waals surface area (Å²) in [6, 6.07) is 4.46. The highest BCUT2D eigenvalue weighted by Gasteiger charge is 2.23. The summed E-state index contributed by atoms with van der Waals surface area (Å²) in [6.07, 6.45) is -0.919. The summed E-state index contributed by atoms with van der Waals surface area (Å²) in [5, 5.41) is 2.18. The van der Waals surface area contributed by atoms with E-state index < -0.39 is 22.3 Å². The Hall–Kier alpha value is -2.54. The Morgan fingerprint density at radius 3 is 2.38 bits per heavy atom. The van der Waals surface area contributed by atoms with Gasteiger partial charge in [0.25, 0.3) is 10.0 Å². The second-order valence-corrected chi connectivity index (χ2v) is 7.29. The van der Waals surface area contributed by atoms with Crippen molar-refractivity contribution in [3.8, 4) is 6.01 Å². The Morgan fingerprint density at radius 2 is 1.79 bits per heavy atom. The highest BCUT2D eigenvalue weighted by Crippen LogP contribution is 2.21. The minimum Gasteiger partial charge on any atom is -0.467 e. The summed E-state index contributed by atoms with van der Waals surface area (Å²) in [5.74, 6) is -0.215. The van der Waals surface area contributed by atoms with Crippen molar-refractivity contribution in [1.29, 1.82) is 0 Å². The van der Waals surface area contributed by atoms with Gasteiger partial charge < -0.3 is 14.2 Å². The molecule has 0 radical (unpaired) electrons. The van der Waals surface area contributed by atoms with E-state index in [0.29, 0.717) is 13.2 Å². The van der Waals surface area contributed by atoms with E-state index in [1.165, 1.54) is 25.3 Å². The summed E-state index contributed by atoms with van der Waals surface area (Å²) in [6.45, 7) is 4.16. The van der Waals surface area contributed by atoms with E-state index in [1.807, 2.05) is 4.72 Å². The standard InChI is InChI=1S/C16H20ClN5O6S/c1-4-27-13(28-5-2)12-18-14(21-16(19-12)26-3)20-15(23)22-29(24,25)11-9-7-6-8-10(11)17/h6-9,13H,4-5H2,1-3H3,(H2,18,19,20,21,22,23). The van der Waals surface area contributed by atoms with Gasteiger partial charge in [0, 0.05) is 13.2 Å². The van der Waals surface area contributed by atoms with Gasteiger partial charge in [-0.3, -0.25) is 5.32 Å². The zero-order valence-electron chi connectivity index (χ0n) is 15.9. The monoisotopic (exact) mass is 445 g/mol. The molecule has 0 saturated carbocycles. The number of rotatable bonds is 9. The Balaban J connectivity index is 2.23. The maximum atomic E-state index is 12.3. The first-order valence-electron chi connectivity index (χ1n) is 8.42. The van der Waals surface area contributed by atoms with E-state index in [1.54, 1.807) is 19.9 Å². The number of sulfonamides is 1. The SMILES string of the molecule is CCOC(OCC)c1nc(NC(=O)NS(=O)(=O)c2ccccc2Cl)nc(OC)n1. The van der Waals surface area contributed by atoms with Gasteiger partial charge >= 0.3 is 12.0 Å². The van der Waals surface area contributed by atoms with E-state index in [0.717, 1.165) is 0 Å². The van der Waals surface area contributed by atoms with Gasteiger partial charge in [0.1, 0.15) is 4.90 Å². The van der Waals surface area contributed by atoms with Crippen molar-refractivity contribution in [2.75, 3.05) is 25.6 Å². The fraction of sp³-hybridized carbons (Fsp3) is 0.375. The number of hydrogen-bond donors (Lipinski definition) is 2. The van der Waals surface area contributed by atoms with Gasteiger partial charge in [0.05, 0.1) is 12.1 Å². The first kappa shape index (κ1) is 22.7. The van der Waals surface area contributed by atoms with E-state index in [4.69, 9.17) is 25.8 Å². The molecule has 158 valence electrons. The van der Waals surface area contributed by atoms with Crippen LogP contribution in [0.4, 0.5) is 10.7 Å². The Kier molecular flexibility index (Phi) is 8.08. The lowest BCUT2D eigenvalue weighted by Crippen LogP contribution is -2.35. The number of hydrogen-bond acceptors (Lipinski definition) is 9. The molecular weight excluding hydrogens is 426 g/mol. The van der Waals surface area contributed by atoms with Crippen LogP contribution < -0.4 is 14.8 Å². The number of amides is 2. The van der Waals surface area contributed by atoms with Gasteiger partial charge in [-0.15, -0.1) is 0 Å². The zero-order chi connectivity index (χ0) is 21.4. The van der Waals surface area contributed by atoms with Crippen molar-refractivity contribution in [2.45, 2.75) is 25.0 Å². The Morgan fingerprint density at radius 1 is 1.14 bits per heavy atom. The molecule has 13 heteroatoms. The highest BCUT2D eigenvalue weighted by atomic mass is 35.5. The van der Waals surface area contributed by atoms with Crippen LogP contribution in [0.1, 0.15) is 26.0 Å². The predicted octanol–water partition coefficient (Wildman–Crippen LogP) is 2.12. The number of halogens is 1. The van der Waals surface area contributed by atoms with Crippen LogP contribution in [0.15, 0.2) is 29.2 Å². The number of nitrogens with one attached hydrogen (secondary N) is 2. The van der Waals surface area contributed by atoms with Crippen molar-refractivity contribution >= 4 is 33.6 Å². The molecule has 2 aromatic rings. The summed E-state index contributed by atoms with van der Waals surface area (Å²) in [4.78, 5) is 23.9. The van der Waals surface area contributed by atoms with Crippen LogP contribution in [0, 0.1) is 0 Å². The first-order chi connectivity index (χ1) is 13.8. The van der Waals surface area contributed by atoms with Gasteiger partial charge in [-0.1, -0.05) is 23.7 Å². The minimum absolute atomic E-state index is 0.0341. The minimum atomic E-state index is -4.22. The fourth-order valence-corrected chi connectivity index (χ4v) is 3.52. The van der Waals surface area contributed by atoms with E-state index in [-0.39, 0.29) is 27.7 Å². The Labute approximate surface area is 172 Å². The third kappa shape index (κ3) is 6.22. The molecule has 0 saturated heterocycles. The summed E-state index contributed by atoms with van der Waals surface area (Å²) >= 11 is 5.88. The van der Waals surface area contributed by atoms with E-state index in [9.17, 15) is 13.2 Å². The van der Waals surface area contributed by atoms with Gasteiger partial charge in [0.2, 0.25) is 12.2 Å². The number of anilines is 1. The molecule has 0 aliphatic carbocycles. The molecule has 2 amide bonds. The summed E-state index contributed by atoms with van der Waals surface area (Å²) in [5.41, 5.74) is 0. The second-order valence-electron chi connectivity index (χ2n) is 5.24. The number of nitrogens with zero attached hydrogens (tertiary/aromatic N) is 3. The van der Waals surface area contributed by atoms with Gasteiger partial charge in [-0.25, -0.2) is 17.9 Å². The molecule has 1 heterocycles. The predicted molar refractivity (Wildman–Crippen MR) is 103 cm³/mol. The van der Waals surface area contributed by atoms with Crippen molar-refractivity contribution < 1.29 is 27.4 Å². The average Bonchev–Trinajstić information content (AvgIpc) is 2.67. The molecule has 2 rings (SSSR count). The molecule has 0 unspecified atom stereocenters. The van der Waals surface area contributed by atoms with Crippen molar-refractivity contribution in [3.63, 3.8) is 0 Å². The number of methoxy groups -OCH3 is 1. The smallest absolute Gasteiger partial charge is 0.335 e. The topological polar surface area (TPSA) is 142 Å². The average molecular weight is 446 g/mol. The molecule has 1 aromatic carbocycles. The maximum Gasteiger partial charge on any atom is 0.335 e. The molecule has 0 aliphatic heterocycles. The van der Waals surface area contributed by atoms with Crippen molar-refractivity contribution in [1.82, 2.24) is 19.7 Å². The lowest BCUT2D eigenvalue weighted by atomic mass is 10.4.